The zero-order chi connectivity index (χ0) is 30.5. The van der Waals surface area contributed by atoms with Crippen LogP contribution in [0.2, 0.25) is 0 Å². The molecule has 0 N–H and O–H groups in total. The zero-order valence-corrected chi connectivity index (χ0v) is 25.1. The van der Waals surface area contributed by atoms with Crippen LogP contribution in [0.4, 0.5) is 17.1 Å². The second-order valence-corrected chi connectivity index (χ2v) is 11.7. The minimum absolute atomic E-state index is 0.899. The largest absolute Gasteiger partial charge is 0.455 e. The highest BCUT2D eigenvalue weighted by Crippen LogP contribution is 2.46. The number of anilines is 3. The first kappa shape index (κ1) is 26.3. The molecule has 0 aliphatic rings. The molecule has 0 unspecified atom stereocenters. The van der Waals surface area contributed by atoms with Gasteiger partial charge in [0.1, 0.15) is 11.2 Å². The Morgan fingerprint density at radius 1 is 0.370 bits per heavy atom. The predicted octanol–water partition coefficient (Wildman–Crippen LogP) is 12.7. The summed E-state index contributed by atoms with van der Waals surface area (Å²) in [6.45, 7) is 0. The Hall–Kier alpha value is -6.12. The van der Waals surface area contributed by atoms with Crippen molar-refractivity contribution in [2.45, 2.75) is 0 Å². The van der Waals surface area contributed by atoms with Gasteiger partial charge in [-0.15, -0.1) is 0 Å². The van der Waals surface area contributed by atoms with Gasteiger partial charge in [-0.1, -0.05) is 140 Å². The number of nitrogens with zero attached hydrogens (tertiary/aromatic N) is 1. The summed E-state index contributed by atoms with van der Waals surface area (Å²) >= 11 is 0. The van der Waals surface area contributed by atoms with E-state index in [9.17, 15) is 0 Å². The van der Waals surface area contributed by atoms with E-state index >= 15 is 0 Å². The van der Waals surface area contributed by atoms with E-state index in [4.69, 9.17) is 4.42 Å². The molecule has 0 atom stereocenters. The first-order valence-corrected chi connectivity index (χ1v) is 15.7. The molecule has 0 fully saturated rings. The van der Waals surface area contributed by atoms with Crippen LogP contribution in [0.25, 0.3) is 65.7 Å². The molecule has 8 aromatic carbocycles. The van der Waals surface area contributed by atoms with Crippen LogP contribution in [0.1, 0.15) is 0 Å². The maximum Gasteiger partial charge on any atom is 0.143 e. The van der Waals surface area contributed by atoms with Crippen molar-refractivity contribution in [3.63, 3.8) is 0 Å². The van der Waals surface area contributed by atoms with Gasteiger partial charge in [-0.05, 0) is 63.7 Å². The van der Waals surface area contributed by atoms with Crippen LogP contribution in [0.3, 0.4) is 0 Å². The molecule has 46 heavy (non-hydrogen) atoms. The summed E-state index contributed by atoms with van der Waals surface area (Å²) in [5.41, 5.74) is 9.64. The maximum absolute atomic E-state index is 6.72. The van der Waals surface area contributed by atoms with Gasteiger partial charge in [0, 0.05) is 33.0 Å². The molecular weight excluding hydrogens is 558 g/mol. The van der Waals surface area contributed by atoms with E-state index in [-0.39, 0.29) is 0 Å². The molecule has 2 heteroatoms. The van der Waals surface area contributed by atoms with Crippen LogP contribution < -0.4 is 4.90 Å². The molecule has 0 bridgehead atoms. The topological polar surface area (TPSA) is 16.4 Å². The molecule has 0 aliphatic heterocycles. The van der Waals surface area contributed by atoms with E-state index in [1.165, 1.54) is 32.7 Å². The van der Waals surface area contributed by atoms with E-state index < -0.39 is 0 Å². The molecule has 1 heterocycles. The van der Waals surface area contributed by atoms with Crippen LogP contribution in [0, 0.1) is 0 Å². The van der Waals surface area contributed by atoms with E-state index in [1.54, 1.807) is 0 Å². The monoisotopic (exact) mass is 587 g/mol. The normalized spacial score (nSPS) is 11.5. The van der Waals surface area contributed by atoms with Gasteiger partial charge in [0.25, 0.3) is 0 Å². The number of fused-ring (bicyclic) bond motifs is 5. The lowest BCUT2D eigenvalue weighted by molar-refractivity contribution is 0.670. The summed E-state index contributed by atoms with van der Waals surface area (Å²) in [7, 11) is 0. The van der Waals surface area contributed by atoms with Gasteiger partial charge in [0.15, 0.2) is 0 Å². The van der Waals surface area contributed by atoms with E-state index in [0.717, 1.165) is 50.1 Å². The fraction of sp³-hybridized carbons (Fsp3) is 0. The molecular formula is C44H29NO. The number of benzene rings is 8. The third kappa shape index (κ3) is 4.35. The number of para-hydroxylation sites is 2. The van der Waals surface area contributed by atoms with E-state index in [1.807, 2.05) is 0 Å². The molecule has 0 saturated carbocycles. The van der Waals surface area contributed by atoms with Crippen molar-refractivity contribution < 1.29 is 4.42 Å². The maximum atomic E-state index is 6.72. The Balaban J connectivity index is 1.31. The Bertz CT molecular complexity index is 2540. The van der Waals surface area contributed by atoms with Gasteiger partial charge in [-0.2, -0.15) is 0 Å². The van der Waals surface area contributed by atoms with Gasteiger partial charge >= 0.3 is 0 Å². The Morgan fingerprint density at radius 3 is 1.87 bits per heavy atom. The van der Waals surface area contributed by atoms with Crippen molar-refractivity contribution in [3.05, 3.63) is 176 Å². The fourth-order valence-corrected chi connectivity index (χ4v) is 6.86. The van der Waals surface area contributed by atoms with Crippen molar-refractivity contribution in [1.82, 2.24) is 0 Å². The third-order valence-corrected chi connectivity index (χ3v) is 9.02. The highest BCUT2D eigenvalue weighted by atomic mass is 16.3. The second kappa shape index (κ2) is 10.8. The number of rotatable bonds is 5. The Kier molecular flexibility index (Phi) is 6.17. The SMILES string of the molecule is c1ccc(-c2cccc(N(c3ccccc3-c3cccc4c3oc3cc5ccccc5cc34)c3cccc4ccccc34)c2)cc1. The number of hydrogen-bond donors (Lipinski definition) is 0. The van der Waals surface area contributed by atoms with Crippen LogP contribution in [0.15, 0.2) is 180 Å². The molecule has 0 radical (unpaired) electrons. The molecule has 0 spiro atoms. The summed E-state index contributed by atoms with van der Waals surface area (Å²) in [6, 6.07) is 62.7. The number of hydrogen-bond acceptors (Lipinski definition) is 2. The van der Waals surface area contributed by atoms with Crippen molar-refractivity contribution in [2.75, 3.05) is 4.90 Å². The first-order chi connectivity index (χ1) is 22.8. The van der Waals surface area contributed by atoms with Crippen molar-refractivity contribution in [2.24, 2.45) is 0 Å². The molecule has 0 aliphatic carbocycles. The lowest BCUT2D eigenvalue weighted by Gasteiger charge is -2.29. The molecule has 2 nitrogen and oxygen atoms in total. The average molecular weight is 588 g/mol. The molecule has 0 amide bonds. The summed E-state index contributed by atoms with van der Waals surface area (Å²) in [4.78, 5) is 2.40. The molecule has 1 aromatic heterocycles. The Morgan fingerprint density at radius 2 is 0.978 bits per heavy atom. The lowest BCUT2D eigenvalue weighted by atomic mass is 9.97. The fourth-order valence-electron chi connectivity index (χ4n) is 6.86. The van der Waals surface area contributed by atoms with Crippen LogP contribution in [-0.2, 0) is 0 Å². The number of furan rings is 1. The lowest BCUT2D eigenvalue weighted by Crippen LogP contribution is -2.12. The third-order valence-electron chi connectivity index (χ3n) is 9.02. The van der Waals surface area contributed by atoms with Crippen molar-refractivity contribution in [3.8, 4) is 22.3 Å². The quantitative estimate of drug-likeness (QED) is 0.199. The summed E-state index contributed by atoms with van der Waals surface area (Å²) in [5.74, 6) is 0. The second-order valence-electron chi connectivity index (χ2n) is 11.7. The van der Waals surface area contributed by atoms with Gasteiger partial charge in [0.2, 0.25) is 0 Å². The Labute approximate surface area is 267 Å². The first-order valence-electron chi connectivity index (χ1n) is 15.7. The summed E-state index contributed by atoms with van der Waals surface area (Å²) in [5, 5.41) is 7.04. The van der Waals surface area contributed by atoms with Crippen molar-refractivity contribution >= 4 is 60.5 Å². The van der Waals surface area contributed by atoms with E-state index in [2.05, 4.69) is 181 Å². The summed E-state index contributed by atoms with van der Waals surface area (Å²) < 4.78 is 6.72. The predicted molar refractivity (Wildman–Crippen MR) is 194 cm³/mol. The minimum Gasteiger partial charge on any atom is -0.455 e. The average Bonchev–Trinajstić information content (AvgIpc) is 3.49. The smallest absolute Gasteiger partial charge is 0.143 e. The van der Waals surface area contributed by atoms with E-state index in [0.29, 0.717) is 0 Å². The van der Waals surface area contributed by atoms with Gasteiger partial charge < -0.3 is 9.32 Å². The molecule has 9 aromatic rings. The van der Waals surface area contributed by atoms with Gasteiger partial charge in [-0.25, -0.2) is 0 Å². The molecule has 9 rings (SSSR count). The van der Waals surface area contributed by atoms with Crippen LogP contribution in [0.5, 0.6) is 0 Å². The van der Waals surface area contributed by atoms with Gasteiger partial charge in [-0.3, -0.25) is 0 Å². The minimum atomic E-state index is 0.899. The summed E-state index contributed by atoms with van der Waals surface area (Å²) in [6.07, 6.45) is 0. The highest BCUT2D eigenvalue weighted by molar-refractivity contribution is 6.14. The van der Waals surface area contributed by atoms with Crippen LogP contribution in [-0.4, -0.2) is 0 Å². The molecule has 216 valence electrons. The highest BCUT2D eigenvalue weighted by Gasteiger charge is 2.22. The standard InChI is InChI=1S/C44H29NO/c1-2-13-30(14-3-1)32-19-10-20-35(27-32)45(41-26-11-18-31-15-6-7-21-36(31)41)42-25-9-8-22-37(42)38-23-12-24-39-40-28-33-16-4-5-17-34(33)29-43(40)46-44(38)39/h1-29H. The van der Waals surface area contributed by atoms with Crippen LogP contribution >= 0.6 is 0 Å². The van der Waals surface area contributed by atoms with Gasteiger partial charge in [0.05, 0.1) is 11.4 Å². The van der Waals surface area contributed by atoms with Crippen molar-refractivity contribution in [1.29, 1.82) is 0 Å². The molecule has 0 saturated heterocycles. The zero-order valence-electron chi connectivity index (χ0n) is 25.1.